The lowest BCUT2D eigenvalue weighted by molar-refractivity contribution is -0.131. The van der Waals surface area contributed by atoms with Crippen LogP contribution in [0.5, 0.6) is 0 Å². The fourth-order valence-electron chi connectivity index (χ4n) is 2.92. The van der Waals surface area contributed by atoms with E-state index in [0.29, 0.717) is 18.5 Å². The van der Waals surface area contributed by atoms with Gasteiger partial charge < -0.3 is 14.7 Å². The van der Waals surface area contributed by atoms with Gasteiger partial charge in [-0.05, 0) is 20.0 Å². The van der Waals surface area contributed by atoms with Crippen molar-refractivity contribution in [3.05, 3.63) is 0 Å². The van der Waals surface area contributed by atoms with E-state index in [2.05, 4.69) is 17.1 Å². The zero-order chi connectivity index (χ0) is 14.9. The molecule has 0 saturated carbocycles. The van der Waals surface area contributed by atoms with E-state index in [1.165, 1.54) is 4.90 Å². The Morgan fingerprint density at radius 2 is 2.05 bits per heavy atom. The first kappa shape index (κ1) is 14.8. The minimum absolute atomic E-state index is 0.0197. The van der Waals surface area contributed by atoms with Crippen LogP contribution in [0.25, 0.3) is 0 Å². The van der Waals surface area contributed by atoms with Crippen molar-refractivity contribution >= 4 is 17.8 Å². The van der Waals surface area contributed by atoms with Crippen LogP contribution in [0.1, 0.15) is 13.3 Å². The van der Waals surface area contributed by atoms with Crippen molar-refractivity contribution in [1.29, 1.82) is 0 Å². The van der Waals surface area contributed by atoms with Crippen molar-refractivity contribution in [3.8, 4) is 0 Å². The quantitative estimate of drug-likeness (QED) is 0.695. The highest BCUT2D eigenvalue weighted by Crippen LogP contribution is 2.23. The molecule has 2 unspecified atom stereocenters. The molecule has 0 aliphatic carbocycles. The predicted molar refractivity (Wildman–Crippen MR) is 72.9 cm³/mol. The number of rotatable bonds is 4. The summed E-state index contributed by atoms with van der Waals surface area (Å²) in [6.45, 7) is 3.50. The van der Waals surface area contributed by atoms with E-state index in [-0.39, 0.29) is 24.9 Å². The van der Waals surface area contributed by atoms with Crippen molar-refractivity contribution in [1.82, 2.24) is 20.0 Å². The number of amides is 4. The number of hydrogen-bond acceptors (Lipinski definition) is 4. The minimum Gasteiger partial charge on any atom is -0.339 e. The molecule has 112 valence electrons. The van der Waals surface area contributed by atoms with Gasteiger partial charge in [0, 0.05) is 19.1 Å². The summed E-state index contributed by atoms with van der Waals surface area (Å²) in [7, 11) is 4.04. The molecule has 0 aromatic carbocycles. The number of likely N-dealkylation sites (tertiary alicyclic amines) is 1. The second-order valence-corrected chi connectivity index (χ2v) is 5.71. The number of urea groups is 1. The number of likely N-dealkylation sites (N-methyl/N-ethyl adjacent to an activating group) is 1. The van der Waals surface area contributed by atoms with Gasteiger partial charge in [-0.25, -0.2) is 4.79 Å². The largest absolute Gasteiger partial charge is 0.339 e. The number of hydrogen-bond donors (Lipinski definition) is 1. The van der Waals surface area contributed by atoms with E-state index in [0.717, 1.165) is 13.0 Å². The van der Waals surface area contributed by atoms with Crippen LogP contribution in [0.2, 0.25) is 0 Å². The van der Waals surface area contributed by atoms with Gasteiger partial charge in [-0.3, -0.25) is 14.9 Å². The molecule has 1 N–H and O–H groups in total. The van der Waals surface area contributed by atoms with Crippen LogP contribution in [0.15, 0.2) is 0 Å². The highest BCUT2D eigenvalue weighted by molar-refractivity contribution is 6.03. The highest BCUT2D eigenvalue weighted by atomic mass is 16.2. The molecule has 7 heteroatoms. The van der Waals surface area contributed by atoms with Gasteiger partial charge in [-0.15, -0.1) is 0 Å². The van der Waals surface area contributed by atoms with Gasteiger partial charge in [0.15, 0.2) is 0 Å². The fraction of sp³-hybridized carbons (Fsp3) is 0.769. The molecule has 0 radical (unpaired) electrons. The summed E-state index contributed by atoms with van der Waals surface area (Å²) in [6, 6.07) is -0.114. The summed E-state index contributed by atoms with van der Waals surface area (Å²) in [5.74, 6) is 0.0301. The molecule has 4 amide bonds. The van der Waals surface area contributed by atoms with Gasteiger partial charge in [-0.2, -0.15) is 0 Å². The van der Waals surface area contributed by atoms with Gasteiger partial charge in [0.2, 0.25) is 11.8 Å². The topological polar surface area (TPSA) is 73.0 Å². The van der Waals surface area contributed by atoms with Crippen molar-refractivity contribution in [2.75, 3.05) is 40.3 Å². The van der Waals surface area contributed by atoms with Crippen LogP contribution in [0.4, 0.5) is 4.79 Å². The van der Waals surface area contributed by atoms with Crippen LogP contribution in [-0.2, 0) is 9.59 Å². The summed E-state index contributed by atoms with van der Waals surface area (Å²) in [4.78, 5) is 40.0. The Hall–Kier alpha value is -1.63. The molecule has 0 spiro atoms. The molecule has 0 aromatic heterocycles. The van der Waals surface area contributed by atoms with Crippen molar-refractivity contribution in [2.45, 2.75) is 19.4 Å². The van der Waals surface area contributed by atoms with Crippen LogP contribution >= 0.6 is 0 Å². The van der Waals surface area contributed by atoms with Crippen molar-refractivity contribution in [3.63, 3.8) is 0 Å². The smallest absolute Gasteiger partial charge is 0.325 e. The standard InChI is InChI=1S/C13H22N4O3/c1-4-9-5-16(6-10(9)15(2)3)12(19)8-17-7-11(18)14-13(17)20/h9-10H,4-8H2,1-3H3,(H,14,18,20). The maximum atomic E-state index is 12.3. The van der Waals surface area contributed by atoms with E-state index in [9.17, 15) is 14.4 Å². The Kier molecular flexibility index (Phi) is 4.27. The molecule has 0 aromatic rings. The Morgan fingerprint density at radius 1 is 1.35 bits per heavy atom. The Balaban J connectivity index is 1.94. The third kappa shape index (κ3) is 2.92. The Labute approximate surface area is 118 Å². The molecule has 20 heavy (non-hydrogen) atoms. The van der Waals surface area contributed by atoms with Crippen LogP contribution in [0, 0.1) is 5.92 Å². The van der Waals surface area contributed by atoms with E-state index in [1.807, 2.05) is 14.1 Å². The van der Waals surface area contributed by atoms with Crippen molar-refractivity contribution in [2.24, 2.45) is 5.92 Å². The summed E-state index contributed by atoms with van der Waals surface area (Å²) in [5, 5.41) is 2.18. The van der Waals surface area contributed by atoms with Crippen LogP contribution in [-0.4, -0.2) is 78.9 Å². The van der Waals surface area contributed by atoms with Crippen LogP contribution in [0.3, 0.4) is 0 Å². The lowest BCUT2D eigenvalue weighted by Crippen LogP contribution is -2.42. The fourth-order valence-corrected chi connectivity index (χ4v) is 2.92. The molecule has 0 bridgehead atoms. The normalized spacial score (nSPS) is 26.6. The molecule has 2 saturated heterocycles. The third-order valence-electron chi connectivity index (χ3n) is 4.14. The monoisotopic (exact) mass is 282 g/mol. The van der Waals surface area contributed by atoms with E-state index >= 15 is 0 Å². The van der Waals surface area contributed by atoms with Gasteiger partial charge in [0.1, 0.15) is 13.1 Å². The Morgan fingerprint density at radius 3 is 2.50 bits per heavy atom. The lowest BCUT2D eigenvalue weighted by atomic mass is 10.0. The number of nitrogens with zero attached hydrogens (tertiary/aromatic N) is 3. The lowest BCUT2D eigenvalue weighted by Gasteiger charge is -2.24. The van der Waals surface area contributed by atoms with Gasteiger partial charge in [0.25, 0.3) is 0 Å². The first-order chi connectivity index (χ1) is 9.42. The molecular formula is C13H22N4O3. The van der Waals surface area contributed by atoms with Gasteiger partial charge >= 0.3 is 6.03 Å². The molecule has 2 aliphatic rings. The number of nitrogens with one attached hydrogen (secondary N) is 1. The maximum Gasteiger partial charge on any atom is 0.325 e. The number of imide groups is 1. The molecule has 2 aliphatic heterocycles. The highest BCUT2D eigenvalue weighted by Gasteiger charge is 2.37. The predicted octanol–water partition coefficient (Wildman–Crippen LogP) is -0.663. The third-order valence-corrected chi connectivity index (χ3v) is 4.14. The number of carbonyl (C=O) groups excluding carboxylic acids is 3. The van der Waals surface area contributed by atoms with Gasteiger partial charge in [-0.1, -0.05) is 13.3 Å². The average molecular weight is 282 g/mol. The molecule has 2 fully saturated rings. The molecule has 2 heterocycles. The zero-order valence-electron chi connectivity index (χ0n) is 12.3. The summed E-state index contributed by atoms with van der Waals surface area (Å²) in [5.41, 5.74) is 0. The molecular weight excluding hydrogens is 260 g/mol. The summed E-state index contributed by atoms with van der Waals surface area (Å²) in [6.07, 6.45) is 1.02. The summed E-state index contributed by atoms with van der Waals surface area (Å²) < 4.78 is 0. The summed E-state index contributed by atoms with van der Waals surface area (Å²) >= 11 is 0. The second-order valence-electron chi connectivity index (χ2n) is 5.71. The van der Waals surface area contributed by atoms with Gasteiger partial charge in [0.05, 0.1) is 0 Å². The minimum atomic E-state index is -0.473. The molecule has 2 atom stereocenters. The second kappa shape index (κ2) is 5.78. The number of carbonyl (C=O) groups is 3. The van der Waals surface area contributed by atoms with Crippen molar-refractivity contribution < 1.29 is 14.4 Å². The van der Waals surface area contributed by atoms with Crippen LogP contribution < -0.4 is 5.32 Å². The maximum absolute atomic E-state index is 12.3. The molecule has 2 rings (SSSR count). The Bertz CT molecular complexity index is 424. The first-order valence-electron chi connectivity index (χ1n) is 6.95. The zero-order valence-corrected chi connectivity index (χ0v) is 12.3. The average Bonchev–Trinajstić information content (AvgIpc) is 2.93. The van der Waals surface area contributed by atoms with E-state index in [4.69, 9.17) is 0 Å². The van der Waals surface area contributed by atoms with E-state index in [1.54, 1.807) is 4.90 Å². The molecule has 7 nitrogen and oxygen atoms in total. The SMILES string of the molecule is CCC1CN(C(=O)CN2CC(=O)NC2=O)CC1N(C)C. The first-order valence-corrected chi connectivity index (χ1v) is 6.95. The van der Waals surface area contributed by atoms with E-state index < -0.39 is 6.03 Å².